The smallest absolute Gasteiger partial charge is 0.380 e. The SMILES string of the molecule is Cc1cc(C(F)(F)F)c(N2CC(O)(c3cnnn3C)C2)nn1. The summed E-state index contributed by atoms with van der Waals surface area (Å²) in [5.41, 5.74) is -1.53. The van der Waals surface area contributed by atoms with E-state index in [1.54, 1.807) is 7.05 Å². The maximum Gasteiger partial charge on any atom is 0.420 e. The van der Waals surface area contributed by atoms with Crippen LogP contribution in [0.3, 0.4) is 0 Å². The lowest BCUT2D eigenvalue weighted by atomic mass is 9.90. The van der Waals surface area contributed by atoms with Gasteiger partial charge in [0.05, 0.1) is 30.7 Å². The van der Waals surface area contributed by atoms with Crippen molar-refractivity contribution in [3.05, 3.63) is 29.2 Å². The number of hydrogen-bond donors (Lipinski definition) is 1. The predicted octanol–water partition coefficient (Wildman–Crippen LogP) is 0.640. The molecule has 7 nitrogen and oxygen atoms in total. The van der Waals surface area contributed by atoms with Crippen LogP contribution in [0, 0.1) is 6.92 Å². The summed E-state index contributed by atoms with van der Waals surface area (Å²) < 4.78 is 40.7. The molecule has 0 aliphatic carbocycles. The Labute approximate surface area is 123 Å². The van der Waals surface area contributed by atoms with Crippen LogP contribution in [0.5, 0.6) is 0 Å². The Morgan fingerprint density at radius 1 is 1.27 bits per heavy atom. The summed E-state index contributed by atoms with van der Waals surface area (Å²) in [5.74, 6) is -0.280. The van der Waals surface area contributed by atoms with E-state index in [9.17, 15) is 18.3 Å². The van der Waals surface area contributed by atoms with Gasteiger partial charge in [-0.05, 0) is 13.0 Å². The van der Waals surface area contributed by atoms with Gasteiger partial charge in [0.15, 0.2) is 5.82 Å². The fourth-order valence-corrected chi connectivity index (χ4v) is 2.53. The fourth-order valence-electron chi connectivity index (χ4n) is 2.53. The van der Waals surface area contributed by atoms with Crippen molar-refractivity contribution in [2.75, 3.05) is 18.0 Å². The van der Waals surface area contributed by atoms with Crippen LogP contribution in [0.1, 0.15) is 17.0 Å². The van der Waals surface area contributed by atoms with Crippen LogP contribution in [-0.4, -0.2) is 43.4 Å². The number of aliphatic hydroxyl groups is 1. The number of β-amino-alcohol motifs (C(OH)–C–C–N with tert-alkyl or cyclic N) is 1. The van der Waals surface area contributed by atoms with E-state index in [-0.39, 0.29) is 24.6 Å². The Bertz CT molecular complexity index is 707. The highest BCUT2D eigenvalue weighted by atomic mass is 19.4. The van der Waals surface area contributed by atoms with E-state index in [0.29, 0.717) is 5.69 Å². The topological polar surface area (TPSA) is 80.0 Å². The maximum atomic E-state index is 13.1. The van der Waals surface area contributed by atoms with E-state index in [2.05, 4.69) is 20.5 Å². The van der Waals surface area contributed by atoms with Crippen molar-refractivity contribution in [1.82, 2.24) is 25.2 Å². The number of alkyl halides is 3. The minimum absolute atomic E-state index is 0.0327. The van der Waals surface area contributed by atoms with Crippen LogP contribution in [0.25, 0.3) is 0 Å². The van der Waals surface area contributed by atoms with Crippen molar-refractivity contribution in [3.63, 3.8) is 0 Å². The first-order chi connectivity index (χ1) is 10.2. The molecule has 2 aromatic rings. The first-order valence-corrected chi connectivity index (χ1v) is 6.45. The number of halogens is 3. The van der Waals surface area contributed by atoms with E-state index >= 15 is 0 Å². The van der Waals surface area contributed by atoms with Gasteiger partial charge in [-0.2, -0.15) is 18.3 Å². The summed E-state index contributed by atoms with van der Waals surface area (Å²) in [4.78, 5) is 1.34. The fraction of sp³-hybridized carbons (Fsp3) is 0.500. The average Bonchev–Trinajstić information content (AvgIpc) is 2.81. The van der Waals surface area contributed by atoms with Crippen molar-refractivity contribution in [1.29, 1.82) is 0 Å². The Hall–Kier alpha value is -2.23. The lowest BCUT2D eigenvalue weighted by molar-refractivity contribution is -0.137. The van der Waals surface area contributed by atoms with Gasteiger partial charge in [-0.15, -0.1) is 10.2 Å². The van der Waals surface area contributed by atoms with Crippen LogP contribution < -0.4 is 4.90 Å². The number of aryl methyl sites for hydroxylation is 2. The summed E-state index contributed by atoms with van der Waals surface area (Å²) >= 11 is 0. The van der Waals surface area contributed by atoms with Gasteiger partial charge in [-0.25, -0.2) is 4.68 Å². The summed E-state index contributed by atoms with van der Waals surface area (Å²) in [7, 11) is 1.61. The van der Waals surface area contributed by atoms with Crippen molar-refractivity contribution in [2.45, 2.75) is 18.7 Å². The zero-order valence-corrected chi connectivity index (χ0v) is 11.8. The molecule has 1 N–H and O–H groups in total. The molecular weight excluding hydrogens is 301 g/mol. The molecule has 2 aromatic heterocycles. The van der Waals surface area contributed by atoms with Crippen LogP contribution in [-0.2, 0) is 18.8 Å². The Balaban J connectivity index is 1.89. The van der Waals surface area contributed by atoms with Gasteiger partial charge in [0.2, 0.25) is 0 Å². The maximum absolute atomic E-state index is 13.1. The Morgan fingerprint density at radius 2 is 1.95 bits per heavy atom. The van der Waals surface area contributed by atoms with Crippen LogP contribution in [0.4, 0.5) is 19.0 Å². The molecule has 1 aliphatic rings. The normalized spacial score (nSPS) is 17.5. The number of aromatic nitrogens is 5. The predicted molar refractivity (Wildman–Crippen MR) is 68.9 cm³/mol. The third-order valence-electron chi connectivity index (χ3n) is 3.60. The minimum Gasteiger partial charge on any atom is -0.380 e. The molecule has 0 saturated carbocycles. The second kappa shape index (κ2) is 4.63. The standard InChI is InChI=1S/C12H13F3N6O/c1-7-3-8(12(13,14)15)10(18-17-7)21-5-11(22,6-21)9-4-16-19-20(9)2/h3-4,22H,5-6H2,1-2H3. The third-order valence-corrected chi connectivity index (χ3v) is 3.60. The van der Waals surface area contributed by atoms with Crippen LogP contribution >= 0.6 is 0 Å². The van der Waals surface area contributed by atoms with E-state index in [0.717, 1.165) is 6.07 Å². The van der Waals surface area contributed by atoms with Gasteiger partial charge >= 0.3 is 6.18 Å². The average molecular weight is 314 g/mol. The largest absolute Gasteiger partial charge is 0.420 e. The second-order valence-electron chi connectivity index (χ2n) is 5.35. The van der Waals surface area contributed by atoms with Gasteiger partial charge < -0.3 is 10.0 Å². The summed E-state index contributed by atoms with van der Waals surface area (Å²) in [5, 5.41) is 25.2. The number of nitrogens with zero attached hydrogens (tertiary/aromatic N) is 6. The first-order valence-electron chi connectivity index (χ1n) is 6.45. The number of hydrogen-bond acceptors (Lipinski definition) is 6. The summed E-state index contributed by atoms with van der Waals surface area (Å²) in [6.45, 7) is 1.38. The van der Waals surface area contributed by atoms with E-state index in [1.807, 2.05) is 0 Å². The van der Waals surface area contributed by atoms with Gasteiger partial charge in [0.1, 0.15) is 11.2 Å². The molecule has 0 amide bonds. The van der Waals surface area contributed by atoms with Crippen molar-refractivity contribution in [3.8, 4) is 0 Å². The third kappa shape index (κ3) is 2.28. The summed E-state index contributed by atoms with van der Waals surface area (Å²) in [6, 6.07) is 0.950. The highest BCUT2D eigenvalue weighted by Gasteiger charge is 2.48. The highest BCUT2D eigenvalue weighted by Crippen LogP contribution is 2.40. The van der Waals surface area contributed by atoms with Gasteiger partial charge in [-0.3, -0.25) is 0 Å². The second-order valence-corrected chi connectivity index (χ2v) is 5.35. The van der Waals surface area contributed by atoms with Gasteiger partial charge in [-0.1, -0.05) is 5.21 Å². The molecule has 0 radical (unpaired) electrons. The molecule has 0 atom stereocenters. The molecule has 10 heteroatoms. The van der Waals surface area contributed by atoms with Crippen LogP contribution in [0.2, 0.25) is 0 Å². The van der Waals surface area contributed by atoms with Crippen molar-refractivity contribution < 1.29 is 18.3 Å². The molecule has 3 rings (SSSR count). The molecule has 1 saturated heterocycles. The van der Waals surface area contributed by atoms with Crippen molar-refractivity contribution in [2.24, 2.45) is 7.05 Å². The molecule has 1 aliphatic heterocycles. The monoisotopic (exact) mass is 314 g/mol. The molecule has 0 unspecified atom stereocenters. The molecular formula is C12H13F3N6O. The zero-order valence-electron chi connectivity index (χ0n) is 11.8. The van der Waals surface area contributed by atoms with Crippen LogP contribution in [0.15, 0.2) is 12.3 Å². The van der Waals surface area contributed by atoms with Gasteiger partial charge in [0, 0.05) is 7.05 Å². The summed E-state index contributed by atoms with van der Waals surface area (Å²) in [6.07, 6.45) is -3.14. The van der Waals surface area contributed by atoms with Gasteiger partial charge in [0.25, 0.3) is 0 Å². The first kappa shape index (κ1) is 14.7. The number of rotatable bonds is 2. The molecule has 0 bridgehead atoms. The quantitative estimate of drug-likeness (QED) is 0.876. The van der Waals surface area contributed by atoms with Crippen molar-refractivity contribution >= 4 is 5.82 Å². The molecule has 0 aromatic carbocycles. The molecule has 118 valence electrons. The van der Waals surface area contributed by atoms with E-state index in [1.165, 1.54) is 22.7 Å². The minimum atomic E-state index is -4.53. The number of anilines is 1. The zero-order chi connectivity index (χ0) is 16.1. The Kier molecular flexibility index (Phi) is 3.09. The van der Waals surface area contributed by atoms with E-state index in [4.69, 9.17) is 0 Å². The molecule has 0 spiro atoms. The molecule has 3 heterocycles. The van der Waals surface area contributed by atoms with E-state index < -0.39 is 17.3 Å². The molecule has 1 fully saturated rings. The highest BCUT2D eigenvalue weighted by molar-refractivity contribution is 5.52. The lowest BCUT2D eigenvalue weighted by Crippen LogP contribution is -2.61. The Morgan fingerprint density at radius 3 is 2.50 bits per heavy atom. The lowest BCUT2D eigenvalue weighted by Gasteiger charge is -2.46. The molecule has 22 heavy (non-hydrogen) atoms.